The van der Waals surface area contributed by atoms with E-state index in [-0.39, 0.29) is 11.4 Å². The Balaban J connectivity index is 1.84. The normalized spacial score (nSPS) is 13.6. The first-order valence-corrected chi connectivity index (χ1v) is 8.43. The van der Waals surface area contributed by atoms with Gasteiger partial charge in [0.25, 0.3) is 5.91 Å². The molecule has 0 saturated carbocycles. The molecule has 10 heteroatoms. The van der Waals surface area contributed by atoms with Gasteiger partial charge in [-0.15, -0.1) is 0 Å². The van der Waals surface area contributed by atoms with E-state index in [0.717, 1.165) is 6.20 Å². The first-order chi connectivity index (χ1) is 13.7. The molecule has 2 aromatic heterocycles. The maximum absolute atomic E-state index is 14.5. The maximum atomic E-state index is 14.5. The van der Waals surface area contributed by atoms with Gasteiger partial charge in [0.2, 0.25) is 0 Å². The number of nitrogens with one attached hydrogen (secondary N) is 2. The zero-order valence-electron chi connectivity index (χ0n) is 15.1. The van der Waals surface area contributed by atoms with Gasteiger partial charge in [0.1, 0.15) is 24.4 Å². The van der Waals surface area contributed by atoms with E-state index in [4.69, 9.17) is 4.52 Å². The van der Waals surface area contributed by atoms with Gasteiger partial charge >= 0.3 is 6.18 Å². The van der Waals surface area contributed by atoms with Crippen molar-refractivity contribution in [3.8, 4) is 0 Å². The number of benzene rings is 1. The zero-order valence-corrected chi connectivity index (χ0v) is 15.1. The molecule has 0 bridgehead atoms. The lowest BCUT2D eigenvalue weighted by Crippen LogP contribution is -2.35. The second-order valence-electron chi connectivity index (χ2n) is 6.37. The Bertz CT molecular complexity index is 975. The first-order valence-electron chi connectivity index (χ1n) is 8.43. The molecule has 1 unspecified atom stereocenters. The van der Waals surface area contributed by atoms with Gasteiger partial charge in [-0.05, 0) is 25.1 Å². The molecule has 0 spiro atoms. The summed E-state index contributed by atoms with van der Waals surface area (Å²) in [5, 5.41) is 8.50. The van der Waals surface area contributed by atoms with E-state index in [0.29, 0.717) is 11.1 Å². The minimum Gasteiger partial charge on any atom is -0.364 e. The van der Waals surface area contributed by atoms with Crippen molar-refractivity contribution in [1.29, 1.82) is 0 Å². The van der Waals surface area contributed by atoms with E-state index in [1.54, 1.807) is 30.4 Å². The fraction of sp³-hybridized carbons (Fsp3) is 0.211. The minimum absolute atomic E-state index is 0.0441. The van der Waals surface area contributed by atoms with Crippen LogP contribution >= 0.6 is 0 Å². The SMILES string of the molecule is CC(Nc1ccc(C(=O)NCC(F)(F)F)cn1)(c1cnoc1)c1ccccc1F. The molecule has 6 nitrogen and oxygen atoms in total. The third kappa shape index (κ3) is 4.71. The molecule has 3 aromatic rings. The predicted octanol–water partition coefficient (Wildman–Crippen LogP) is 3.88. The summed E-state index contributed by atoms with van der Waals surface area (Å²) in [6.07, 6.45) is -0.592. The number of pyridine rings is 1. The number of amides is 1. The Morgan fingerprint density at radius 1 is 1.14 bits per heavy atom. The molecule has 1 aromatic carbocycles. The summed E-state index contributed by atoms with van der Waals surface area (Å²) in [6.45, 7) is 0.258. The topological polar surface area (TPSA) is 80.0 Å². The van der Waals surface area contributed by atoms with Crippen molar-refractivity contribution in [3.05, 3.63) is 77.6 Å². The van der Waals surface area contributed by atoms with Crippen molar-refractivity contribution >= 4 is 11.7 Å². The monoisotopic (exact) mass is 408 g/mol. The number of hydrogen-bond acceptors (Lipinski definition) is 5. The van der Waals surface area contributed by atoms with Crippen LogP contribution in [0.1, 0.15) is 28.4 Å². The molecule has 29 heavy (non-hydrogen) atoms. The van der Waals surface area contributed by atoms with Crippen molar-refractivity contribution < 1.29 is 26.9 Å². The largest absolute Gasteiger partial charge is 0.405 e. The predicted molar refractivity (Wildman–Crippen MR) is 95.6 cm³/mol. The Labute approximate surface area is 162 Å². The lowest BCUT2D eigenvalue weighted by molar-refractivity contribution is -0.123. The van der Waals surface area contributed by atoms with Crippen molar-refractivity contribution in [2.45, 2.75) is 18.6 Å². The van der Waals surface area contributed by atoms with Gasteiger partial charge < -0.3 is 15.2 Å². The summed E-state index contributed by atoms with van der Waals surface area (Å²) in [4.78, 5) is 15.9. The third-order valence-electron chi connectivity index (χ3n) is 4.28. The lowest BCUT2D eigenvalue weighted by atomic mass is 9.86. The fourth-order valence-electron chi connectivity index (χ4n) is 2.75. The van der Waals surface area contributed by atoms with Crippen LogP contribution in [0.4, 0.5) is 23.4 Å². The zero-order chi connectivity index (χ0) is 21.1. The van der Waals surface area contributed by atoms with E-state index < -0.39 is 30.0 Å². The van der Waals surface area contributed by atoms with E-state index in [1.807, 2.05) is 0 Å². The Morgan fingerprint density at radius 2 is 1.90 bits per heavy atom. The van der Waals surface area contributed by atoms with Crippen LogP contribution in [0.2, 0.25) is 0 Å². The van der Waals surface area contributed by atoms with Crippen molar-refractivity contribution in [2.24, 2.45) is 0 Å². The third-order valence-corrected chi connectivity index (χ3v) is 4.28. The van der Waals surface area contributed by atoms with Crippen molar-refractivity contribution in [3.63, 3.8) is 0 Å². The van der Waals surface area contributed by atoms with E-state index in [2.05, 4.69) is 15.5 Å². The summed E-state index contributed by atoms with van der Waals surface area (Å²) in [5.74, 6) is -1.10. The Hall–Kier alpha value is -3.43. The standard InChI is InChI=1S/C19H16F4N4O2/c1-18(13-9-26-29-10-13,14-4-2-3-5-15(14)20)27-16-7-6-12(8-24-16)17(28)25-11-19(21,22)23/h2-10H,11H2,1H3,(H,24,27)(H,25,28). The number of alkyl halides is 3. The van der Waals surface area contributed by atoms with Gasteiger partial charge in [-0.1, -0.05) is 23.4 Å². The van der Waals surface area contributed by atoms with Gasteiger partial charge in [0.15, 0.2) is 0 Å². The average Bonchev–Trinajstić information content (AvgIpc) is 3.22. The molecule has 1 atom stereocenters. The Morgan fingerprint density at radius 3 is 2.48 bits per heavy atom. The highest BCUT2D eigenvalue weighted by Crippen LogP contribution is 2.34. The molecule has 2 N–H and O–H groups in total. The van der Waals surface area contributed by atoms with E-state index >= 15 is 0 Å². The molecule has 0 saturated heterocycles. The van der Waals surface area contributed by atoms with E-state index in [1.165, 1.54) is 30.7 Å². The Kier molecular flexibility index (Phi) is 5.53. The van der Waals surface area contributed by atoms with Crippen LogP contribution in [0, 0.1) is 5.82 Å². The number of rotatable bonds is 6. The second kappa shape index (κ2) is 7.90. The summed E-state index contributed by atoms with van der Waals surface area (Å²) in [5.41, 5.74) is -0.330. The minimum atomic E-state index is -4.51. The number of aromatic nitrogens is 2. The smallest absolute Gasteiger partial charge is 0.364 e. The van der Waals surface area contributed by atoms with Gasteiger partial charge in [0, 0.05) is 17.3 Å². The van der Waals surface area contributed by atoms with Crippen molar-refractivity contribution in [1.82, 2.24) is 15.5 Å². The maximum Gasteiger partial charge on any atom is 0.405 e. The highest BCUT2D eigenvalue weighted by atomic mass is 19.4. The van der Waals surface area contributed by atoms with Crippen LogP contribution in [-0.4, -0.2) is 28.8 Å². The fourth-order valence-corrected chi connectivity index (χ4v) is 2.75. The summed E-state index contributed by atoms with van der Waals surface area (Å²) < 4.78 is 56.0. The molecular weight excluding hydrogens is 392 g/mol. The molecule has 152 valence electrons. The molecule has 0 radical (unpaired) electrons. The van der Waals surface area contributed by atoms with Crippen molar-refractivity contribution in [2.75, 3.05) is 11.9 Å². The number of halogens is 4. The summed E-state index contributed by atoms with van der Waals surface area (Å²) in [7, 11) is 0. The molecule has 0 aliphatic rings. The number of carbonyl (C=O) groups is 1. The van der Waals surface area contributed by atoms with Crippen LogP contribution in [-0.2, 0) is 5.54 Å². The quantitative estimate of drug-likeness (QED) is 0.606. The van der Waals surface area contributed by atoms with Crippen LogP contribution in [0.15, 0.2) is 59.6 Å². The highest BCUT2D eigenvalue weighted by Gasteiger charge is 2.33. The molecule has 0 aliphatic carbocycles. The summed E-state index contributed by atoms with van der Waals surface area (Å²) >= 11 is 0. The van der Waals surface area contributed by atoms with Crippen LogP contribution in [0.5, 0.6) is 0 Å². The number of carbonyl (C=O) groups excluding carboxylic acids is 1. The molecule has 2 heterocycles. The summed E-state index contributed by atoms with van der Waals surface area (Å²) in [6, 6.07) is 8.86. The van der Waals surface area contributed by atoms with E-state index in [9.17, 15) is 22.4 Å². The molecular formula is C19H16F4N4O2. The number of nitrogens with zero attached hydrogens (tertiary/aromatic N) is 2. The highest BCUT2D eigenvalue weighted by molar-refractivity contribution is 5.94. The second-order valence-corrected chi connectivity index (χ2v) is 6.37. The van der Waals surface area contributed by atoms with Gasteiger partial charge in [-0.25, -0.2) is 9.37 Å². The lowest BCUT2D eigenvalue weighted by Gasteiger charge is -2.31. The van der Waals surface area contributed by atoms with Gasteiger partial charge in [0.05, 0.1) is 17.3 Å². The first kappa shape index (κ1) is 20.3. The average molecular weight is 408 g/mol. The van der Waals surface area contributed by atoms with Crippen LogP contribution < -0.4 is 10.6 Å². The van der Waals surface area contributed by atoms with Gasteiger partial charge in [-0.3, -0.25) is 4.79 Å². The molecule has 3 rings (SSSR count). The number of anilines is 1. The van der Waals surface area contributed by atoms with Crippen LogP contribution in [0.3, 0.4) is 0 Å². The molecule has 0 aliphatic heterocycles. The molecule has 1 amide bonds. The molecule has 0 fully saturated rings. The number of hydrogen-bond donors (Lipinski definition) is 2. The van der Waals surface area contributed by atoms with Crippen LogP contribution in [0.25, 0.3) is 0 Å². The van der Waals surface area contributed by atoms with Gasteiger partial charge in [-0.2, -0.15) is 13.2 Å².